The number of aryl methyl sites for hydroxylation is 2. The molecule has 2 atom stereocenters. The fourth-order valence-electron chi connectivity index (χ4n) is 3.18. The Kier molecular flexibility index (Phi) is 7.11. The van der Waals surface area contributed by atoms with E-state index < -0.39 is 0 Å². The van der Waals surface area contributed by atoms with E-state index in [1.807, 2.05) is 23.5 Å². The average molecular weight is 310 g/mol. The first-order valence-corrected chi connectivity index (χ1v) is 9.47. The normalized spacial score (nSPS) is 26.0. The fourth-order valence-corrected chi connectivity index (χ4v) is 4.52. The van der Waals surface area contributed by atoms with Gasteiger partial charge in [-0.15, -0.1) is 11.8 Å². The molecule has 0 spiro atoms. The van der Waals surface area contributed by atoms with E-state index >= 15 is 0 Å². The summed E-state index contributed by atoms with van der Waals surface area (Å²) in [7, 11) is 2.04. The van der Waals surface area contributed by atoms with E-state index in [1.54, 1.807) is 0 Å². The van der Waals surface area contributed by atoms with E-state index in [4.69, 9.17) is 5.73 Å². The number of nitrogens with zero attached hydrogens (tertiary/aromatic N) is 2. The van der Waals surface area contributed by atoms with Gasteiger partial charge in [0.2, 0.25) is 0 Å². The molecule has 0 bridgehead atoms. The molecular formula is C17H31N3S. The molecule has 0 radical (unpaired) electrons. The van der Waals surface area contributed by atoms with Crippen molar-refractivity contribution in [2.75, 3.05) is 0 Å². The maximum absolute atomic E-state index is 6.51. The maximum atomic E-state index is 6.51. The van der Waals surface area contributed by atoms with Crippen molar-refractivity contribution in [1.29, 1.82) is 0 Å². The van der Waals surface area contributed by atoms with Gasteiger partial charge in [-0.05, 0) is 25.8 Å². The van der Waals surface area contributed by atoms with Crippen molar-refractivity contribution in [3.8, 4) is 0 Å². The van der Waals surface area contributed by atoms with Crippen LogP contribution in [0.5, 0.6) is 0 Å². The van der Waals surface area contributed by atoms with Crippen LogP contribution in [-0.2, 0) is 7.05 Å². The molecule has 1 aromatic heterocycles. The van der Waals surface area contributed by atoms with Crippen LogP contribution in [0.25, 0.3) is 0 Å². The third-order valence-electron chi connectivity index (χ3n) is 4.48. The van der Waals surface area contributed by atoms with Crippen molar-refractivity contribution in [2.24, 2.45) is 12.8 Å². The molecule has 2 N–H and O–H groups in total. The Morgan fingerprint density at radius 3 is 2.19 bits per heavy atom. The highest BCUT2D eigenvalue weighted by atomic mass is 32.2. The summed E-state index contributed by atoms with van der Waals surface area (Å²) in [6.45, 7) is 2.06. The lowest BCUT2D eigenvalue weighted by molar-refractivity contribution is 0.473. The van der Waals surface area contributed by atoms with Gasteiger partial charge in [-0.25, -0.2) is 0 Å². The van der Waals surface area contributed by atoms with Crippen LogP contribution in [0.15, 0.2) is 11.1 Å². The Bertz CT molecular complexity index is 416. The highest BCUT2D eigenvalue weighted by molar-refractivity contribution is 7.99. The van der Waals surface area contributed by atoms with E-state index in [2.05, 4.69) is 18.1 Å². The van der Waals surface area contributed by atoms with Crippen LogP contribution >= 0.6 is 11.8 Å². The Morgan fingerprint density at radius 2 is 1.62 bits per heavy atom. The van der Waals surface area contributed by atoms with Crippen molar-refractivity contribution in [1.82, 2.24) is 9.78 Å². The Balaban J connectivity index is 1.96. The number of nitrogens with two attached hydrogens (primary N) is 1. The first kappa shape index (κ1) is 16.9. The predicted octanol–water partition coefficient (Wildman–Crippen LogP) is 4.43. The van der Waals surface area contributed by atoms with Gasteiger partial charge in [-0.3, -0.25) is 4.68 Å². The summed E-state index contributed by atoms with van der Waals surface area (Å²) in [5.41, 5.74) is 7.61. The standard InChI is InChI=1S/C17H31N3S/c1-14-13-17(20(2)19-14)21-16-12-10-8-6-4-3-5-7-9-11-15(16)18/h13,15-16H,3-12,18H2,1-2H3. The van der Waals surface area contributed by atoms with Crippen LogP contribution in [0.2, 0.25) is 0 Å². The summed E-state index contributed by atoms with van der Waals surface area (Å²) in [6.07, 6.45) is 13.4. The van der Waals surface area contributed by atoms with Crippen LogP contribution < -0.4 is 5.73 Å². The minimum Gasteiger partial charge on any atom is -0.327 e. The predicted molar refractivity (Wildman–Crippen MR) is 91.7 cm³/mol. The van der Waals surface area contributed by atoms with Crippen molar-refractivity contribution in [3.05, 3.63) is 11.8 Å². The second-order valence-electron chi connectivity index (χ2n) is 6.47. The van der Waals surface area contributed by atoms with Gasteiger partial charge in [-0.1, -0.05) is 51.4 Å². The fraction of sp³-hybridized carbons (Fsp3) is 0.824. The van der Waals surface area contributed by atoms with E-state index in [0.717, 1.165) is 5.69 Å². The van der Waals surface area contributed by atoms with Crippen LogP contribution in [-0.4, -0.2) is 21.1 Å². The molecule has 1 fully saturated rings. The molecule has 21 heavy (non-hydrogen) atoms. The maximum Gasteiger partial charge on any atom is 0.0942 e. The molecular weight excluding hydrogens is 278 g/mol. The topological polar surface area (TPSA) is 43.8 Å². The molecule has 0 aliphatic heterocycles. The Morgan fingerprint density at radius 1 is 1.05 bits per heavy atom. The van der Waals surface area contributed by atoms with Crippen molar-refractivity contribution in [3.63, 3.8) is 0 Å². The van der Waals surface area contributed by atoms with Crippen LogP contribution in [0, 0.1) is 6.92 Å². The Labute approximate surface area is 134 Å². The van der Waals surface area contributed by atoms with Gasteiger partial charge in [0.15, 0.2) is 0 Å². The highest BCUT2D eigenvalue weighted by Crippen LogP contribution is 2.31. The van der Waals surface area contributed by atoms with E-state index in [0.29, 0.717) is 11.3 Å². The summed E-state index contributed by atoms with van der Waals surface area (Å²) >= 11 is 1.95. The van der Waals surface area contributed by atoms with Gasteiger partial charge >= 0.3 is 0 Å². The third kappa shape index (κ3) is 5.67. The zero-order valence-corrected chi connectivity index (χ0v) is 14.5. The van der Waals surface area contributed by atoms with E-state index in [-0.39, 0.29) is 0 Å². The molecule has 2 rings (SSSR count). The lowest BCUT2D eigenvalue weighted by Crippen LogP contribution is -2.32. The average Bonchev–Trinajstić information content (AvgIpc) is 2.75. The van der Waals surface area contributed by atoms with Gasteiger partial charge in [0.05, 0.1) is 10.7 Å². The largest absolute Gasteiger partial charge is 0.327 e. The summed E-state index contributed by atoms with van der Waals surface area (Å²) in [6, 6.07) is 2.51. The van der Waals surface area contributed by atoms with Crippen LogP contribution in [0.1, 0.15) is 69.9 Å². The molecule has 3 nitrogen and oxygen atoms in total. The Hall–Kier alpha value is -0.480. The van der Waals surface area contributed by atoms with Gasteiger partial charge in [0.1, 0.15) is 0 Å². The number of thioether (sulfide) groups is 1. The summed E-state index contributed by atoms with van der Waals surface area (Å²) in [5.74, 6) is 0. The molecule has 4 heteroatoms. The zero-order chi connectivity index (χ0) is 15.1. The highest BCUT2D eigenvalue weighted by Gasteiger charge is 2.20. The molecule has 1 saturated carbocycles. The zero-order valence-electron chi connectivity index (χ0n) is 13.7. The quantitative estimate of drug-likeness (QED) is 0.879. The molecule has 1 heterocycles. The van der Waals surface area contributed by atoms with Crippen molar-refractivity contribution >= 4 is 11.8 Å². The van der Waals surface area contributed by atoms with Crippen molar-refractivity contribution < 1.29 is 0 Å². The monoisotopic (exact) mass is 309 g/mol. The minimum absolute atomic E-state index is 0.324. The summed E-state index contributed by atoms with van der Waals surface area (Å²) < 4.78 is 2.00. The molecule has 1 aliphatic rings. The molecule has 0 saturated heterocycles. The number of rotatable bonds is 2. The van der Waals surface area contributed by atoms with Crippen molar-refractivity contribution in [2.45, 2.75) is 87.4 Å². The van der Waals surface area contributed by atoms with Gasteiger partial charge in [0.25, 0.3) is 0 Å². The van der Waals surface area contributed by atoms with E-state index in [9.17, 15) is 0 Å². The summed E-state index contributed by atoms with van der Waals surface area (Å²) in [5, 5.41) is 6.26. The van der Waals surface area contributed by atoms with Gasteiger partial charge in [0, 0.05) is 18.3 Å². The number of hydrogen-bond donors (Lipinski definition) is 1. The third-order valence-corrected chi connectivity index (χ3v) is 6.00. The number of hydrogen-bond acceptors (Lipinski definition) is 3. The first-order valence-electron chi connectivity index (χ1n) is 8.59. The molecule has 2 unspecified atom stereocenters. The lowest BCUT2D eigenvalue weighted by Gasteiger charge is -2.24. The van der Waals surface area contributed by atoms with E-state index in [1.165, 1.54) is 69.2 Å². The minimum atomic E-state index is 0.324. The van der Waals surface area contributed by atoms with Gasteiger partial charge < -0.3 is 5.73 Å². The molecule has 120 valence electrons. The van der Waals surface area contributed by atoms with Gasteiger partial charge in [-0.2, -0.15) is 5.10 Å². The molecule has 0 aromatic carbocycles. The SMILES string of the molecule is Cc1cc(SC2CCCCCCCCCCC2N)n(C)n1. The smallest absolute Gasteiger partial charge is 0.0942 e. The molecule has 1 aliphatic carbocycles. The second-order valence-corrected chi connectivity index (χ2v) is 7.73. The molecule has 1 aromatic rings. The lowest BCUT2D eigenvalue weighted by atomic mass is 9.98. The number of aromatic nitrogens is 2. The van der Waals surface area contributed by atoms with Crippen LogP contribution in [0.3, 0.4) is 0 Å². The second kappa shape index (κ2) is 8.84. The summed E-state index contributed by atoms with van der Waals surface area (Å²) in [4.78, 5) is 0. The molecule has 0 amide bonds. The van der Waals surface area contributed by atoms with Crippen LogP contribution in [0.4, 0.5) is 0 Å². The first-order chi connectivity index (χ1) is 10.2.